The Balaban J connectivity index is 2.17. The zero-order valence-corrected chi connectivity index (χ0v) is 12.3. The summed E-state index contributed by atoms with van der Waals surface area (Å²) in [4.78, 5) is 17.1. The number of halogens is 1. The number of hydrogen-bond donors (Lipinski definition) is 0. The third kappa shape index (κ3) is 2.42. The highest BCUT2D eigenvalue weighted by atomic mass is 35.5. The second kappa shape index (κ2) is 5.65. The first kappa shape index (κ1) is 13.8. The van der Waals surface area contributed by atoms with E-state index in [1.165, 1.54) is 0 Å². The second-order valence-corrected chi connectivity index (χ2v) is 4.87. The molecule has 2 heterocycles. The third-order valence-electron chi connectivity index (χ3n) is 3.40. The van der Waals surface area contributed by atoms with Gasteiger partial charge >= 0.3 is 0 Å². The van der Waals surface area contributed by atoms with Crippen LogP contribution in [0.1, 0.15) is 18.6 Å². The summed E-state index contributed by atoms with van der Waals surface area (Å²) in [6.07, 6.45) is 1.65. The normalized spacial score (nSPS) is 11.1. The van der Waals surface area contributed by atoms with Crippen LogP contribution in [-0.4, -0.2) is 24.3 Å². The van der Waals surface area contributed by atoms with Gasteiger partial charge in [0, 0.05) is 6.54 Å². The van der Waals surface area contributed by atoms with E-state index in [1.54, 1.807) is 17.0 Å². The molecule has 7 heteroatoms. The van der Waals surface area contributed by atoms with Crippen molar-refractivity contribution >= 4 is 22.5 Å². The van der Waals surface area contributed by atoms with Gasteiger partial charge in [-0.2, -0.15) is 0 Å². The molecular formula is C14H14ClN5O. The lowest BCUT2D eigenvalue weighted by Gasteiger charge is -2.11. The van der Waals surface area contributed by atoms with Crippen molar-refractivity contribution in [2.24, 2.45) is 0 Å². The summed E-state index contributed by atoms with van der Waals surface area (Å²) in [6.45, 7) is 3.05. The van der Waals surface area contributed by atoms with E-state index in [-0.39, 0.29) is 11.4 Å². The number of fused-ring (bicyclic) bond motifs is 1. The number of alkyl halides is 1. The summed E-state index contributed by atoms with van der Waals surface area (Å²) in [5, 5.41) is 8.52. The predicted octanol–water partition coefficient (Wildman–Crippen LogP) is 1.79. The number of benzene rings is 1. The summed E-state index contributed by atoms with van der Waals surface area (Å²) in [5.41, 5.74) is 0.549. The standard InChI is InChI=1S/C14H14ClN5O/c1-2-19-9-16-18-13(19)8-20-12(7-15)17-11-6-4-3-5-10(11)14(20)21/h3-6,9H,2,7-8H2,1H3. The number of aryl methyl sites for hydroxylation is 1. The highest BCUT2D eigenvalue weighted by molar-refractivity contribution is 6.16. The monoisotopic (exact) mass is 303 g/mol. The number of para-hydroxylation sites is 1. The van der Waals surface area contributed by atoms with Gasteiger partial charge in [-0.15, -0.1) is 21.8 Å². The highest BCUT2D eigenvalue weighted by Gasteiger charge is 2.13. The molecule has 0 aliphatic rings. The topological polar surface area (TPSA) is 65.6 Å². The van der Waals surface area contributed by atoms with Crippen molar-refractivity contribution in [3.05, 3.63) is 52.6 Å². The maximum absolute atomic E-state index is 12.6. The molecule has 0 aliphatic carbocycles. The Labute approximate surface area is 126 Å². The van der Waals surface area contributed by atoms with Crippen molar-refractivity contribution in [2.45, 2.75) is 25.9 Å². The molecule has 3 aromatic rings. The van der Waals surface area contributed by atoms with Gasteiger partial charge in [-0.05, 0) is 19.1 Å². The Hall–Kier alpha value is -2.21. The van der Waals surface area contributed by atoms with E-state index in [2.05, 4.69) is 15.2 Å². The molecule has 0 atom stereocenters. The van der Waals surface area contributed by atoms with Crippen molar-refractivity contribution in [2.75, 3.05) is 0 Å². The van der Waals surface area contributed by atoms with E-state index in [4.69, 9.17) is 11.6 Å². The minimum Gasteiger partial charge on any atom is -0.316 e. The van der Waals surface area contributed by atoms with Crippen molar-refractivity contribution in [1.82, 2.24) is 24.3 Å². The zero-order chi connectivity index (χ0) is 14.8. The molecule has 0 aliphatic heterocycles. The zero-order valence-electron chi connectivity index (χ0n) is 11.5. The molecule has 0 saturated heterocycles. The Bertz CT molecular complexity index is 839. The molecule has 0 fully saturated rings. The van der Waals surface area contributed by atoms with Crippen LogP contribution >= 0.6 is 11.6 Å². The van der Waals surface area contributed by atoms with Gasteiger partial charge in [0.25, 0.3) is 5.56 Å². The highest BCUT2D eigenvalue weighted by Crippen LogP contribution is 2.10. The van der Waals surface area contributed by atoms with Crippen LogP contribution in [0.2, 0.25) is 0 Å². The molecule has 0 amide bonds. The lowest BCUT2D eigenvalue weighted by Crippen LogP contribution is -2.26. The molecule has 0 bridgehead atoms. The maximum atomic E-state index is 12.6. The van der Waals surface area contributed by atoms with Gasteiger partial charge in [-0.1, -0.05) is 12.1 Å². The Morgan fingerprint density at radius 1 is 1.24 bits per heavy atom. The molecule has 2 aromatic heterocycles. The average molecular weight is 304 g/mol. The molecule has 0 saturated carbocycles. The fourth-order valence-electron chi connectivity index (χ4n) is 2.29. The number of hydrogen-bond acceptors (Lipinski definition) is 4. The van der Waals surface area contributed by atoms with Crippen LogP contribution in [0, 0.1) is 0 Å². The summed E-state index contributed by atoms with van der Waals surface area (Å²) in [7, 11) is 0. The van der Waals surface area contributed by atoms with Gasteiger partial charge in [0.1, 0.15) is 12.2 Å². The molecule has 6 nitrogen and oxygen atoms in total. The lowest BCUT2D eigenvalue weighted by atomic mass is 10.2. The lowest BCUT2D eigenvalue weighted by molar-refractivity contribution is 0.619. The van der Waals surface area contributed by atoms with Crippen LogP contribution < -0.4 is 5.56 Å². The Morgan fingerprint density at radius 3 is 2.81 bits per heavy atom. The van der Waals surface area contributed by atoms with Crippen molar-refractivity contribution < 1.29 is 0 Å². The smallest absolute Gasteiger partial charge is 0.261 e. The number of nitrogens with zero attached hydrogens (tertiary/aromatic N) is 5. The molecular weight excluding hydrogens is 290 g/mol. The summed E-state index contributed by atoms with van der Waals surface area (Å²) >= 11 is 5.95. The van der Waals surface area contributed by atoms with Crippen molar-refractivity contribution in [3.8, 4) is 0 Å². The summed E-state index contributed by atoms with van der Waals surface area (Å²) in [6, 6.07) is 7.25. The van der Waals surface area contributed by atoms with Crippen LogP contribution in [0.5, 0.6) is 0 Å². The number of aromatic nitrogens is 5. The summed E-state index contributed by atoms with van der Waals surface area (Å²) < 4.78 is 3.45. The van der Waals surface area contributed by atoms with E-state index in [0.717, 1.165) is 6.54 Å². The van der Waals surface area contributed by atoms with Gasteiger partial charge in [-0.3, -0.25) is 9.36 Å². The van der Waals surface area contributed by atoms with E-state index >= 15 is 0 Å². The number of rotatable bonds is 4. The molecule has 1 aromatic carbocycles. The fourth-order valence-corrected chi connectivity index (χ4v) is 2.49. The first-order valence-electron chi connectivity index (χ1n) is 6.65. The molecule has 0 radical (unpaired) electrons. The molecule has 0 N–H and O–H groups in total. The third-order valence-corrected chi connectivity index (χ3v) is 3.64. The van der Waals surface area contributed by atoms with E-state index in [0.29, 0.717) is 29.1 Å². The van der Waals surface area contributed by atoms with Gasteiger partial charge in [-0.25, -0.2) is 4.98 Å². The van der Waals surface area contributed by atoms with Gasteiger partial charge < -0.3 is 4.57 Å². The molecule has 3 rings (SSSR count). The fraction of sp³-hybridized carbons (Fsp3) is 0.286. The SMILES string of the molecule is CCn1cnnc1Cn1c(CCl)nc2ccccc2c1=O. The molecule has 0 unspecified atom stereocenters. The van der Waals surface area contributed by atoms with Crippen LogP contribution in [0.3, 0.4) is 0 Å². The van der Waals surface area contributed by atoms with E-state index in [9.17, 15) is 4.79 Å². The largest absolute Gasteiger partial charge is 0.316 e. The maximum Gasteiger partial charge on any atom is 0.261 e. The van der Waals surface area contributed by atoms with Crippen LogP contribution in [-0.2, 0) is 19.0 Å². The van der Waals surface area contributed by atoms with E-state index in [1.807, 2.05) is 29.7 Å². The molecule has 108 valence electrons. The van der Waals surface area contributed by atoms with Crippen molar-refractivity contribution in [3.63, 3.8) is 0 Å². The first-order chi connectivity index (χ1) is 10.2. The summed E-state index contributed by atoms with van der Waals surface area (Å²) in [5.74, 6) is 1.41. The quantitative estimate of drug-likeness (QED) is 0.689. The van der Waals surface area contributed by atoms with Gasteiger partial charge in [0.15, 0.2) is 5.82 Å². The Morgan fingerprint density at radius 2 is 2.05 bits per heavy atom. The average Bonchev–Trinajstić information content (AvgIpc) is 2.97. The predicted molar refractivity (Wildman–Crippen MR) is 80.4 cm³/mol. The first-order valence-corrected chi connectivity index (χ1v) is 7.19. The molecule has 0 spiro atoms. The van der Waals surface area contributed by atoms with E-state index < -0.39 is 0 Å². The Kier molecular flexibility index (Phi) is 3.70. The van der Waals surface area contributed by atoms with Crippen molar-refractivity contribution in [1.29, 1.82) is 0 Å². The second-order valence-electron chi connectivity index (χ2n) is 4.60. The minimum absolute atomic E-state index is 0.109. The van der Waals surface area contributed by atoms with Crippen LogP contribution in [0.15, 0.2) is 35.4 Å². The van der Waals surface area contributed by atoms with Crippen LogP contribution in [0.4, 0.5) is 0 Å². The van der Waals surface area contributed by atoms with Crippen LogP contribution in [0.25, 0.3) is 10.9 Å². The van der Waals surface area contributed by atoms with Gasteiger partial charge in [0.2, 0.25) is 0 Å². The molecule has 21 heavy (non-hydrogen) atoms. The van der Waals surface area contributed by atoms with Gasteiger partial charge in [0.05, 0.1) is 23.3 Å². The minimum atomic E-state index is -0.109.